The van der Waals surface area contributed by atoms with Gasteiger partial charge in [0, 0.05) is 6.04 Å². The fourth-order valence-electron chi connectivity index (χ4n) is 6.76. The average molecular weight is 382 g/mol. The lowest BCUT2D eigenvalue weighted by Gasteiger charge is -2.58. The molecule has 1 N–H and O–H groups in total. The van der Waals surface area contributed by atoms with Crippen molar-refractivity contribution in [2.24, 2.45) is 0 Å². The molecule has 0 aromatic heterocycles. The van der Waals surface area contributed by atoms with Crippen molar-refractivity contribution in [3.05, 3.63) is 11.3 Å². The zero-order chi connectivity index (χ0) is 19.3. The van der Waals surface area contributed by atoms with E-state index in [-0.39, 0.29) is 0 Å². The minimum absolute atomic E-state index is 0.782. The van der Waals surface area contributed by atoms with E-state index in [0.717, 1.165) is 22.7 Å². The Morgan fingerprint density at radius 3 is 1.80 bits per heavy atom. The number of rotatable bonds is 9. The van der Waals surface area contributed by atoms with E-state index in [2.05, 4.69) is 73.4 Å². The minimum atomic E-state index is -1.71. The first kappa shape index (κ1) is 23.2. The van der Waals surface area contributed by atoms with Crippen LogP contribution in [-0.2, 0) is 0 Å². The Balaban J connectivity index is 3.58. The summed E-state index contributed by atoms with van der Waals surface area (Å²) in [5.41, 5.74) is 2.53. The second kappa shape index (κ2) is 9.89. The van der Waals surface area contributed by atoms with Gasteiger partial charge in [0.2, 0.25) is 0 Å². The zero-order valence-corrected chi connectivity index (χ0v) is 20.8. The van der Waals surface area contributed by atoms with Crippen LogP contribution in [0.15, 0.2) is 11.3 Å². The molecule has 0 heterocycles. The van der Waals surface area contributed by atoms with Gasteiger partial charge in [-0.3, -0.25) is 0 Å². The van der Waals surface area contributed by atoms with Gasteiger partial charge in [-0.2, -0.15) is 0 Å². The van der Waals surface area contributed by atoms with Gasteiger partial charge in [0.15, 0.2) is 0 Å². The summed E-state index contributed by atoms with van der Waals surface area (Å²) in [6.45, 7) is 22.6. The van der Waals surface area contributed by atoms with Gasteiger partial charge in [0.05, 0.1) is 7.59 Å². The normalized spacial score (nSPS) is 20.6. The van der Waals surface area contributed by atoms with Crippen molar-refractivity contribution >= 4 is 15.3 Å². The lowest BCUT2D eigenvalue weighted by atomic mass is 9.96. The standard InChI is InChI=1S/C22H47NSi2/c1-10-17-24(21(9)11-2,23-22-15-13-12-14-16-22)25(18(3)4,19(5)6)20(7)8/h11,18-20,22-23H,10,12-17H2,1-9H3/b21-11+. The Morgan fingerprint density at radius 2 is 1.44 bits per heavy atom. The maximum absolute atomic E-state index is 4.54. The third kappa shape index (κ3) is 4.35. The maximum atomic E-state index is 4.54. The van der Waals surface area contributed by atoms with Crippen LogP contribution < -0.4 is 4.98 Å². The van der Waals surface area contributed by atoms with Crippen molar-refractivity contribution in [2.45, 2.75) is 130 Å². The molecule has 1 unspecified atom stereocenters. The van der Waals surface area contributed by atoms with Crippen molar-refractivity contribution in [1.29, 1.82) is 0 Å². The highest BCUT2D eigenvalue weighted by Crippen LogP contribution is 2.50. The summed E-state index contributed by atoms with van der Waals surface area (Å²) in [4.78, 5) is 4.54. The minimum Gasteiger partial charge on any atom is -0.333 e. The molecular formula is C22H47NSi2. The van der Waals surface area contributed by atoms with E-state index in [1.165, 1.54) is 44.6 Å². The zero-order valence-electron chi connectivity index (χ0n) is 18.8. The maximum Gasteiger partial charge on any atom is 0.143 e. The van der Waals surface area contributed by atoms with Gasteiger partial charge in [-0.15, -0.1) is 0 Å². The van der Waals surface area contributed by atoms with Crippen LogP contribution in [0.5, 0.6) is 0 Å². The molecule has 0 aliphatic heterocycles. The van der Waals surface area contributed by atoms with Gasteiger partial charge in [-0.05, 0) is 32.7 Å². The van der Waals surface area contributed by atoms with E-state index >= 15 is 0 Å². The lowest BCUT2D eigenvalue weighted by molar-refractivity contribution is 0.414. The Bertz CT molecular complexity index is 400. The molecular weight excluding hydrogens is 334 g/mol. The van der Waals surface area contributed by atoms with Crippen LogP contribution in [0.4, 0.5) is 0 Å². The van der Waals surface area contributed by atoms with Crippen LogP contribution in [0.2, 0.25) is 22.7 Å². The summed E-state index contributed by atoms with van der Waals surface area (Å²) >= 11 is 0. The second-order valence-corrected chi connectivity index (χ2v) is 23.4. The number of nitrogens with one attached hydrogen (secondary N) is 1. The van der Waals surface area contributed by atoms with E-state index in [4.69, 9.17) is 0 Å². The highest BCUT2D eigenvalue weighted by atomic mass is 29.3. The van der Waals surface area contributed by atoms with E-state index in [9.17, 15) is 0 Å². The Labute approximate surface area is 161 Å². The molecule has 0 spiro atoms. The quantitative estimate of drug-likeness (QED) is 0.407. The highest BCUT2D eigenvalue weighted by Gasteiger charge is 2.60. The van der Waals surface area contributed by atoms with Crippen LogP contribution >= 0.6 is 0 Å². The highest BCUT2D eigenvalue weighted by molar-refractivity contribution is 7.45. The molecule has 0 aromatic rings. The van der Waals surface area contributed by atoms with E-state index in [1.54, 1.807) is 5.20 Å². The Hall–Kier alpha value is 0.134. The van der Waals surface area contributed by atoms with Gasteiger partial charge in [0.1, 0.15) is 7.75 Å². The van der Waals surface area contributed by atoms with Gasteiger partial charge >= 0.3 is 0 Å². The smallest absolute Gasteiger partial charge is 0.143 e. The van der Waals surface area contributed by atoms with Gasteiger partial charge < -0.3 is 4.98 Å². The lowest BCUT2D eigenvalue weighted by Crippen LogP contribution is -2.77. The predicted molar refractivity (Wildman–Crippen MR) is 121 cm³/mol. The number of hydrogen-bond acceptors (Lipinski definition) is 1. The van der Waals surface area contributed by atoms with Crippen LogP contribution in [0.3, 0.4) is 0 Å². The molecule has 1 rings (SSSR count). The van der Waals surface area contributed by atoms with Crippen molar-refractivity contribution in [3.8, 4) is 0 Å². The van der Waals surface area contributed by atoms with E-state index in [0.29, 0.717) is 0 Å². The molecule has 0 amide bonds. The molecule has 1 fully saturated rings. The van der Waals surface area contributed by atoms with Crippen LogP contribution in [0, 0.1) is 0 Å². The first-order valence-corrected chi connectivity index (χ1v) is 16.6. The summed E-state index contributed by atoms with van der Waals surface area (Å²) < 4.78 is 0. The molecule has 1 aliphatic rings. The molecule has 0 saturated heterocycles. The van der Waals surface area contributed by atoms with E-state index in [1.807, 2.05) is 0 Å². The van der Waals surface area contributed by atoms with Crippen LogP contribution in [0.1, 0.15) is 101 Å². The molecule has 25 heavy (non-hydrogen) atoms. The summed E-state index contributed by atoms with van der Waals surface area (Å²) in [7, 11) is -3.24. The Kier molecular flexibility index (Phi) is 9.17. The third-order valence-corrected chi connectivity index (χ3v) is 30.4. The van der Waals surface area contributed by atoms with Crippen LogP contribution in [-0.4, -0.2) is 21.4 Å². The second-order valence-electron chi connectivity index (χ2n) is 9.50. The van der Waals surface area contributed by atoms with E-state index < -0.39 is 15.3 Å². The predicted octanol–water partition coefficient (Wildman–Crippen LogP) is 7.53. The SMILES string of the molecule is C/C=C(\C)[Si](CCC)(NC1CCCCC1)[Si](C(C)C)(C(C)C)C(C)C. The summed E-state index contributed by atoms with van der Waals surface area (Å²) in [6.07, 6.45) is 11.0. The van der Waals surface area contributed by atoms with Gasteiger partial charge in [0.25, 0.3) is 0 Å². The third-order valence-electron chi connectivity index (χ3n) is 7.39. The summed E-state index contributed by atoms with van der Waals surface area (Å²) in [5, 5.41) is 1.77. The summed E-state index contributed by atoms with van der Waals surface area (Å²) in [6, 6.07) is 2.23. The van der Waals surface area contributed by atoms with Crippen molar-refractivity contribution in [2.75, 3.05) is 0 Å². The molecule has 3 heteroatoms. The van der Waals surface area contributed by atoms with Crippen molar-refractivity contribution < 1.29 is 0 Å². The molecule has 1 saturated carbocycles. The molecule has 0 bridgehead atoms. The topological polar surface area (TPSA) is 12.0 Å². The molecule has 1 atom stereocenters. The number of allylic oxidation sites excluding steroid dienone is 2. The largest absolute Gasteiger partial charge is 0.333 e. The first-order chi connectivity index (χ1) is 11.7. The fraction of sp³-hybridized carbons (Fsp3) is 0.909. The van der Waals surface area contributed by atoms with Crippen LogP contribution in [0.25, 0.3) is 0 Å². The van der Waals surface area contributed by atoms with Gasteiger partial charge in [-0.1, -0.05) is 102 Å². The monoisotopic (exact) mass is 381 g/mol. The summed E-state index contributed by atoms with van der Waals surface area (Å²) in [5.74, 6) is 0. The van der Waals surface area contributed by atoms with Gasteiger partial charge in [-0.25, -0.2) is 0 Å². The van der Waals surface area contributed by atoms with Crippen molar-refractivity contribution in [3.63, 3.8) is 0 Å². The fourth-order valence-corrected chi connectivity index (χ4v) is 32.8. The molecule has 0 aromatic carbocycles. The first-order valence-electron chi connectivity index (χ1n) is 11.1. The van der Waals surface area contributed by atoms with Crippen molar-refractivity contribution in [1.82, 2.24) is 4.98 Å². The Morgan fingerprint density at radius 1 is 0.960 bits per heavy atom. The molecule has 1 nitrogen and oxygen atoms in total. The number of hydrogen-bond donors (Lipinski definition) is 1. The average Bonchev–Trinajstić information content (AvgIpc) is 2.54. The molecule has 0 radical (unpaired) electrons. The molecule has 1 aliphatic carbocycles. The molecule has 148 valence electrons.